The van der Waals surface area contributed by atoms with Crippen molar-refractivity contribution in [1.29, 1.82) is 0 Å². The standard InChI is InChI=1S/C13H7FN2O3S/c14-7-1-2-8-6(3-7)4-9(15-8)11(17)12-16-10(5-20-12)13(18)19/h1-5,15H,(H,18,19). The molecule has 20 heavy (non-hydrogen) atoms. The van der Waals surface area contributed by atoms with Crippen LogP contribution < -0.4 is 0 Å². The Hall–Kier alpha value is -2.54. The van der Waals surface area contributed by atoms with Gasteiger partial charge in [0.25, 0.3) is 0 Å². The van der Waals surface area contributed by atoms with Crippen molar-refractivity contribution >= 4 is 34.0 Å². The highest BCUT2D eigenvalue weighted by atomic mass is 32.1. The summed E-state index contributed by atoms with van der Waals surface area (Å²) in [5.74, 6) is -1.99. The molecule has 100 valence electrons. The van der Waals surface area contributed by atoms with Crippen LogP contribution in [0.5, 0.6) is 0 Å². The number of aromatic nitrogens is 2. The number of nitrogens with zero attached hydrogens (tertiary/aromatic N) is 1. The molecule has 0 saturated carbocycles. The van der Waals surface area contributed by atoms with Crippen LogP contribution >= 0.6 is 11.3 Å². The van der Waals surface area contributed by atoms with Crippen molar-refractivity contribution in [1.82, 2.24) is 9.97 Å². The summed E-state index contributed by atoms with van der Waals surface area (Å²) in [6, 6.07) is 5.65. The van der Waals surface area contributed by atoms with Gasteiger partial charge >= 0.3 is 5.97 Å². The van der Waals surface area contributed by atoms with Gasteiger partial charge in [-0.2, -0.15) is 0 Å². The first-order valence-corrected chi connectivity index (χ1v) is 6.44. The molecule has 0 radical (unpaired) electrons. The van der Waals surface area contributed by atoms with Crippen LogP contribution in [0.25, 0.3) is 10.9 Å². The number of carbonyl (C=O) groups excluding carboxylic acids is 1. The molecule has 0 saturated heterocycles. The topological polar surface area (TPSA) is 83.0 Å². The Balaban J connectivity index is 2.00. The van der Waals surface area contributed by atoms with Gasteiger partial charge in [-0.05, 0) is 24.3 Å². The van der Waals surface area contributed by atoms with E-state index in [9.17, 15) is 14.0 Å². The Morgan fingerprint density at radius 1 is 1.30 bits per heavy atom. The molecule has 0 fully saturated rings. The van der Waals surface area contributed by atoms with Gasteiger partial charge in [0, 0.05) is 16.3 Å². The number of H-pyrrole nitrogens is 1. The lowest BCUT2D eigenvalue weighted by molar-refractivity contribution is 0.0691. The zero-order chi connectivity index (χ0) is 14.3. The van der Waals surface area contributed by atoms with Crippen LogP contribution in [-0.4, -0.2) is 26.8 Å². The fourth-order valence-corrected chi connectivity index (χ4v) is 2.56. The molecule has 0 unspecified atom stereocenters. The normalized spacial score (nSPS) is 10.8. The number of hydrogen-bond donors (Lipinski definition) is 2. The van der Waals surface area contributed by atoms with Gasteiger partial charge in [0.2, 0.25) is 5.78 Å². The highest BCUT2D eigenvalue weighted by Gasteiger charge is 2.18. The maximum absolute atomic E-state index is 13.1. The molecular formula is C13H7FN2O3S. The molecule has 3 aromatic rings. The summed E-state index contributed by atoms with van der Waals surface area (Å²) in [5, 5.41) is 10.7. The monoisotopic (exact) mass is 290 g/mol. The summed E-state index contributed by atoms with van der Waals surface area (Å²) in [6.45, 7) is 0. The third-order valence-electron chi connectivity index (χ3n) is 2.74. The Kier molecular flexibility index (Phi) is 2.83. The third-order valence-corrected chi connectivity index (χ3v) is 3.59. The summed E-state index contributed by atoms with van der Waals surface area (Å²) in [5.41, 5.74) is 0.710. The number of aromatic amines is 1. The molecular weight excluding hydrogens is 283 g/mol. The van der Waals surface area contributed by atoms with Crippen molar-refractivity contribution in [3.05, 3.63) is 51.9 Å². The van der Waals surface area contributed by atoms with Gasteiger partial charge in [-0.25, -0.2) is 14.2 Å². The Labute approximate surface area is 115 Å². The van der Waals surface area contributed by atoms with Gasteiger partial charge < -0.3 is 10.1 Å². The van der Waals surface area contributed by atoms with Crippen LogP contribution in [0.15, 0.2) is 29.6 Å². The van der Waals surface area contributed by atoms with Crippen molar-refractivity contribution in [3.8, 4) is 0 Å². The maximum Gasteiger partial charge on any atom is 0.355 e. The fourth-order valence-electron chi connectivity index (χ4n) is 1.82. The van der Waals surface area contributed by atoms with Crippen LogP contribution in [0.1, 0.15) is 26.0 Å². The molecule has 0 aliphatic rings. The number of nitrogens with one attached hydrogen (secondary N) is 1. The average Bonchev–Trinajstić information content (AvgIpc) is 3.03. The van der Waals surface area contributed by atoms with Crippen LogP contribution in [0.2, 0.25) is 0 Å². The summed E-state index contributed by atoms with van der Waals surface area (Å²) < 4.78 is 13.1. The number of carbonyl (C=O) groups is 2. The SMILES string of the molecule is O=C(O)c1csc(C(=O)c2cc3cc(F)ccc3[nH]2)n1. The molecule has 0 atom stereocenters. The van der Waals surface area contributed by atoms with E-state index >= 15 is 0 Å². The van der Waals surface area contributed by atoms with Crippen LogP contribution in [0.3, 0.4) is 0 Å². The number of ketones is 1. The van der Waals surface area contributed by atoms with Crippen molar-refractivity contribution in [2.45, 2.75) is 0 Å². The fraction of sp³-hybridized carbons (Fsp3) is 0. The minimum Gasteiger partial charge on any atom is -0.476 e. The molecule has 3 rings (SSSR count). The summed E-state index contributed by atoms with van der Waals surface area (Å²) in [6.07, 6.45) is 0. The number of carboxylic acid groups (broad SMARTS) is 1. The smallest absolute Gasteiger partial charge is 0.355 e. The van der Waals surface area contributed by atoms with E-state index in [1.165, 1.54) is 29.6 Å². The van der Waals surface area contributed by atoms with E-state index in [2.05, 4.69) is 9.97 Å². The minimum absolute atomic E-state index is 0.0782. The number of halogens is 1. The average molecular weight is 290 g/mol. The number of rotatable bonds is 3. The third kappa shape index (κ3) is 2.08. The van der Waals surface area contributed by atoms with Crippen molar-refractivity contribution in [2.24, 2.45) is 0 Å². The molecule has 1 aromatic carbocycles. The first kappa shape index (κ1) is 12.5. The van der Waals surface area contributed by atoms with E-state index in [0.29, 0.717) is 10.9 Å². The van der Waals surface area contributed by atoms with Gasteiger partial charge in [-0.3, -0.25) is 4.79 Å². The molecule has 0 aliphatic carbocycles. The van der Waals surface area contributed by atoms with E-state index in [4.69, 9.17) is 5.11 Å². The predicted molar refractivity (Wildman–Crippen MR) is 70.8 cm³/mol. The van der Waals surface area contributed by atoms with Crippen LogP contribution in [0, 0.1) is 5.82 Å². The molecule has 0 aliphatic heterocycles. The lowest BCUT2D eigenvalue weighted by Crippen LogP contribution is -2.03. The molecule has 0 bridgehead atoms. The predicted octanol–water partition coefficient (Wildman–Crippen LogP) is 2.69. The number of fused-ring (bicyclic) bond motifs is 1. The van der Waals surface area contributed by atoms with Crippen molar-refractivity contribution in [3.63, 3.8) is 0 Å². The number of thiazole rings is 1. The van der Waals surface area contributed by atoms with Gasteiger partial charge in [0.15, 0.2) is 10.7 Å². The lowest BCUT2D eigenvalue weighted by atomic mass is 10.2. The first-order valence-electron chi connectivity index (χ1n) is 5.56. The second kappa shape index (κ2) is 4.53. The highest BCUT2D eigenvalue weighted by molar-refractivity contribution is 7.12. The molecule has 0 amide bonds. The second-order valence-electron chi connectivity index (χ2n) is 4.09. The maximum atomic E-state index is 13.1. The summed E-state index contributed by atoms with van der Waals surface area (Å²) >= 11 is 0.958. The van der Waals surface area contributed by atoms with E-state index in [1.54, 1.807) is 0 Å². The molecule has 2 N–H and O–H groups in total. The largest absolute Gasteiger partial charge is 0.476 e. The van der Waals surface area contributed by atoms with Crippen LogP contribution in [-0.2, 0) is 0 Å². The Morgan fingerprint density at radius 3 is 2.80 bits per heavy atom. The molecule has 0 spiro atoms. The number of benzene rings is 1. The summed E-state index contributed by atoms with van der Waals surface area (Å²) in [7, 11) is 0. The number of hydrogen-bond acceptors (Lipinski definition) is 4. The molecule has 2 aromatic heterocycles. The van der Waals surface area contributed by atoms with Gasteiger partial charge in [0.05, 0.1) is 5.69 Å². The van der Waals surface area contributed by atoms with Crippen LogP contribution in [0.4, 0.5) is 4.39 Å². The van der Waals surface area contributed by atoms with Gasteiger partial charge in [-0.1, -0.05) is 0 Å². The van der Waals surface area contributed by atoms with E-state index in [1.807, 2.05) is 0 Å². The zero-order valence-corrected chi connectivity index (χ0v) is 10.7. The quantitative estimate of drug-likeness (QED) is 0.726. The molecule has 2 heterocycles. The Bertz CT molecular complexity index is 837. The van der Waals surface area contributed by atoms with Gasteiger partial charge in [-0.15, -0.1) is 11.3 Å². The number of carboxylic acids is 1. The highest BCUT2D eigenvalue weighted by Crippen LogP contribution is 2.20. The van der Waals surface area contributed by atoms with Crippen molar-refractivity contribution < 1.29 is 19.1 Å². The van der Waals surface area contributed by atoms with E-state index in [0.717, 1.165) is 11.3 Å². The van der Waals surface area contributed by atoms with Gasteiger partial charge in [0.1, 0.15) is 5.82 Å². The molecule has 5 nitrogen and oxygen atoms in total. The van der Waals surface area contributed by atoms with E-state index in [-0.39, 0.29) is 16.4 Å². The zero-order valence-electron chi connectivity index (χ0n) is 9.88. The lowest BCUT2D eigenvalue weighted by Gasteiger charge is -1.91. The molecule has 7 heteroatoms. The summed E-state index contributed by atoms with van der Waals surface area (Å²) in [4.78, 5) is 29.5. The minimum atomic E-state index is -1.18. The second-order valence-corrected chi connectivity index (χ2v) is 4.94. The van der Waals surface area contributed by atoms with E-state index < -0.39 is 17.6 Å². The number of aromatic carboxylic acids is 1. The first-order chi connectivity index (χ1) is 9.54. The Morgan fingerprint density at radius 2 is 2.10 bits per heavy atom. The van der Waals surface area contributed by atoms with Crippen molar-refractivity contribution in [2.75, 3.05) is 0 Å².